The number of thiophene rings is 1. The van der Waals surface area contributed by atoms with E-state index < -0.39 is 5.97 Å². The molecule has 94 valence electrons. The van der Waals surface area contributed by atoms with Crippen LogP contribution in [0.4, 0.5) is 0 Å². The molecule has 0 saturated carbocycles. The third-order valence-electron chi connectivity index (χ3n) is 2.69. The minimum absolute atomic E-state index is 0.0482. The molecular formula is C13H19NO2S. The normalized spacial score (nSPS) is 12.6. The molecule has 0 fully saturated rings. The van der Waals surface area contributed by atoms with Crippen molar-refractivity contribution in [2.75, 3.05) is 13.1 Å². The highest BCUT2D eigenvalue weighted by molar-refractivity contribution is 7.12. The second-order valence-corrected chi connectivity index (χ2v) is 5.15. The predicted octanol–water partition coefficient (Wildman–Crippen LogP) is 2.94. The molecule has 1 atom stereocenters. The third kappa shape index (κ3) is 3.98. The zero-order valence-corrected chi connectivity index (χ0v) is 11.2. The Bertz CT molecular complexity index is 387. The van der Waals surface area contributed by atoms with Crippen LogP contribution in [0, 0.1) is 0 Å². The molecule has 0 radical (unpaired) electrons. The summed E-state index contributed by atoms with van der Waals surface area (Å²) in [7, 11) is 0. The molecule has 4 heteroatoms. The molecule has 1 N–H and O–H groups in total. The fourth-order valence-electron chi connectivity index (χ4n) is 1.69. The summed E-state index contributed by atoms with van der Waals surface area (Å²) in [5, 5.41) is 8.89. The molecule has 0 amide bonds. The van der Waals surface area contributed by atoms with Crippen LogP contribution in [0.1, 0.15) is 29.6 Å². The second-order valence-electron chi connectivity index (χ2n) is 3.95. The van der Waals surface area contributed by atoms with E-state index in [1.165, 1.54) is 9.75 Å². The van der Waals surface area contributed by atoms with Crippen LogP contribution in [-0.2, 0) is 11.2 Å². The van der Waals surface area contributed by atoms with Gasteiger partial charge in [0.05, 0.1) is 6.54 Å². The Balaban J connectivity index is 2.78. The first kappa shape index (κ1) is 13.9. The Labute approximate surface area is 106 Å². The molecule has 0 spiro atoms. The number of carbonyl (C=O) groups is 1. The van der Waals surface area contributed by atoms with Crippen LogP contribution in [0.25, 0.3) is 0 Å². The van der Waals surface area contributed by atoms with Crippen molar-refractivity contribution < 1.29 is 9.90 Å². The van der Waals surface area contributed by atoms with Gasteiger partial charge in [-0.1, -0.05) is 13.0 Å². The van der Waals surface area contributed by atoms with E-state index in [-0.39, 0.29) is 12.6 Å². The lowest BCUT2D eigenvalue weighted by atomic mass is 10.2. The van der Waals surface area contributed by atoms with Crippen LogP contribution >= 0.6 is 11.3 Å². The summed E-state index contributed by atoms with van der Waals surface area (Å²) in [5.41, 5.74) is 0. The number of hydrogen-bond acceptors (Lipinski definition) is 3. The van der Waals surface area contributed by atoms with Gasteiger partial charge in [0.15, 0.2) is 0 Å². The smallest absolute Gasteiger partial charge is 0.317 e. The van der Waals surface area contributed by atoms with Gasteiger partial charge in [0.25, 0.3) is 0 Å². The van der Waals surface area contributed by atoms with Crippen LogP contribution in [-0.4, -0.2) is 29.1 Å². The maximum atomic E-state index is 10.8. The topological polar surface area (TPSA) is 40.5 Å². The minimum atomic E-state index is -0.800. The van der Waals surface area contributed by atoms with Crippen molar-refractivity contribution >= 4 is 17.3 Å². The van der Waals surface area contributed by atoms with Gasteiger partial charge >= 0.3 is 5.97 Å². The summed E-state index contributed by atoms with van der Waals surface area (Å²) in [4.78, 5) is 15.3. The first-order chi connectivity index (χ1) is 8.08. The van der Waals surface area contributed by atoms with Gasteiger partial charge in [0, 0.05) is 22.3 Å². The zero-order valence-electron chi connectivity index (χ0n) is 10.3. The second kappa shape index (κ2) is 6.57. The lowest BCUT2D eigenvalue weighted by Crippen LogP contribution is -2.32. The van der Waals surface area contributed by atoms with Crippen LogP contribution in [0.2, 0.25) is 0 Å². The number of rotatable bonds is 7. The number of carboxylic acids is 1. The SMILES string of the molecule is C=CCN(CC(=O)O)C(C)c1ccc(CC)s1. The summed E-state index contributed by atoms with van der Waals surface area (Å²) < 4.78 is 0. The van der Waals surface area contributed by atoms with E-state index in [1.807, 2.05) is 11.8 Å². The van der Waals surface area contributed by atoms with Gasteiger partial charge in [0.1, 0.15) is 0 Å². The van der Waals surface area contributed by atoms with Crippen LogP contribution in [0.5, 0.6) is 0 Å². The van der Waals surface area contributed by atoms with E-state index in [9.17, 15) is 4.79 Å². The molecule has 1 rings (SSSR count). The van der Waals surface area contributed by atoms with E-state index in [0.717, 1.165) is 6.42 Å². The monoisotopic (exact) mass is 253 g/mol. The van der Waals surface area contributed by atoms with Gasteiger partial charge in [-0.15, -0.1) is 17.9 Å². The maximum Gasteiger partial charge on any atom is 0.317 e. The summed E-state index contributed by atoms with van der Waals surface area (Å²) in [6.07, 6.45) is 2.77. The van der Waals surface area contributed by atoms with Crippen molar-refractivity contribution in [2.24, 2.45) is 0 Å². The van der Waals surface area contributed by atoms with E-state index in [2.05, 4.69) is 25.6 Å². The molecule has 0 bridgehead atoms. The molecule has 0 aromatic carbocycles. The quantitative estimate of drug-likeness (QED) is 0.760. The molecule has 1 aromatic heterocycles. The number of aliphatic carboxylic acids is 1. The molecule has 1 aromatic rings. The minimum Gasteiger partial charge on any atom is -0.480 e. The first-order valence-electron chi connectivity index (χ1n) is 5.73. The Morgan fingerprint density at radius 3 is 2.82 bits per heavy atom. The number of aryl methyl sites for hydroxylation is 1. The number of nitrogens with zero attached hydrogens (tertiary/aromatic N) is 1. The highest BCUT2D eigenvalue weighted by Gasteiger charge is 2.18. The molecule has 0 aliphatic heterocycles. The van der Waals surface area contributed by atoms with Crippen molar-refractivity contribution in [3.05, 3.63) is 34.5 Å². The maximum absolute atomic E-state index is 10.8. The van der Waals surface area contributed by atoms with Crippen LogP contribution in [0.15, 0.2) is 24.8 Å². The number of hydrogen-bond donors (Lipinski definition) is 1. The zero-order chi connectivity index (χ0) is 12.8. The lowest BCUT2D eigenvalue weighted by Gasteiger charge is -2.25. The van der Waals surface area contributed by atoms with Crippen LogP contribution < -0.4 is 0 Å². The fraction of sp³-hybridized carbons (Fsp3) is 0.462. The van der Waals surface area contributed by atoms with Crippen molar-refractivity contribution in [2.45, 2.75) is 26.3 Å². The van der Waals surface area contributed by atoms with Gasteiger partial charge in [-0.2, -0.15) is 0 Å². The predicted molar refractivity (Wildman–Crippen MR) is 71.5 cm³/mol. The highest BCUT2D eigenvalue weighted by Crippen LogP contribution is 2.27. The van der Waals surface area contributed by atoms with Gasteiger partial charge < -0.3 is 5.11 Å². The van der Waals surface area contributed by atoms with Crippen molar-refractivity contribution in [3.8, 4) is 0 Å². The summed E-state index contributed by atoms with van der Waals surface area (Å²) in [5.74, 6) is -0.800. The standard InChI is InChI=1S/C13H19NO2S/c1-4-8-14(9-13(15)16)10(3)12-7-6-11(5-2)17-12/h4,6-7,10H,1,5,8-9H2,2-3H3,(H,15,16). The van der Waals surface area contributed by atoms with Crippen LogP contribution in [0.3, 0.4) is 0 Å². The van der Waals surface area contributed by atoms with Gasteiger partial charge in [0.2, 0.25) is 0 Å². The molecule has 0 saturated heterocycles. The lowest BCUT2D eigenvalue weighted by molar-refractivity contribution is -0.138. The molecule has 17 heavy (non-hydrogen) atoms. The third-order valence-corrected chi connectivity index (χ3v) is 4.09. The molecule has 3 nitrogen and oxygen atoms in total. The molecule has 0 aliphatic carbocycles. The molecule has 0 aliphatic rings. The Hall–Kier alpha value is -1.13. The number of carboxylic acid groups (broad SMARTS) is 1. The summed E-state index contributed by atoms with van der Waals surface area (Å²) >= 11 is 1.75. The first-order valence-corrected chi connectivity index (χ1v) is 6.55. The average molecular weight is 253 g/mol. The van der Waals surface area contributed by atoms with Gasteiger partial charge in [-0.3, -0.25) is 9.69 Å². The highest BCUT2D eigenvalue weighted by atomic mass is 32.1. The Morgan fingerprint density at radius 1 is 1.65 bits per heavy atom. The van der Waals surface area contributed by atoms with Gasteiger partial charge in [-0.25, -0.2) is 0 Å². The van der Waals surface area contributed by atoms with Crippen molar-refractivity contribution in [3.63, 3.8) is 0 Å². The van der Waals surface area contributed by atoms with Crippen molar-refractivity contribution in [1.82, 2.24) is 4.90 Å². The van der Waals surface area contributed by atoms with Crippen molar-refractivity contribution in [1.29, 1.82) is 0 Å². The van der Waals surface area contributed by atoms with E-state index >= 15 is 0 Å². The van der Waals surface area contributed by atoms with E-state index in [1.54, 1.807) is 17.4 Å². The fourth-order valence-corrected chi connectivity index (χ4v) is 2.73. The van der Waals surface area contributed by atoms with E-state index in [4.69, 9.17) is 5.11 Å². The van der Waals surface area contributed by atoms with Gasteiger partial charge in [-0.05, 0) is 25.5 Å². The summed E-state index contributed by atoms with van der Waals surface area (Å²) in [6, 6.07) is 4.32. The summed E-state index contributed by atoms with van der Waals surface area (Å²) in [6.45, 7) is 8.48. The largest absolute Gasteiger partial charge is 0.480 e. The Kier molecular flexibility index (Phi) is 5.38. The molecular weight excluding hydrogens is 234 g/mol. The molecule has 1 heterocycles. The van der Waals surface area contributed by atoms with E-state index in [0.29, 0.717) is 6.54 Å². The average Bonchev–Trinajstić information content (AvgIpc) is 2.75. The Morgan fingerprint density at radius 2 is 2.35 bits per heavy atom. The molecule has 1 unspecified atom stereocenters.